The molecule has 0 amide bonds. The van der Waals surface area contributed by atoms with Crippen molar-refractivity contribution in [3.05, 3.63) is 129 Å². The highest BCUT2D eigenvalue weighted by Gasteiger charge is 2.18. The molecular weight excluding hydrogens is 723 g/mol. The highest BCUT2D eigenvalue weighted by Crippen LogP contribution is 2.37. The van der Waals surface area contributed by atoms with Crippen LogP contribution in [0.1, 0.15) is 0 Å². The molecule has 5 aromatic carbocycles. The summed E-state index contributed by atoms with van der Waals surface area (Å²) in [6, 6.07) is 25.1. The van der Waals surface area contributed by atoms with Gasteiger partial charge in [0.15, 0.2) is 0 Å². The number of halogens is 6. The number of benzene rings is 5. The van der Waals surface area contributed by atoms with E-state index in [0.717, 1.165) is 12.1 Å². The summed E-state index contributed by atoms with van der Waals surface area (Å²) in [4.78, 5) is 0. The van der Waals surface area contributed by atoms with E-state index in [1.54, 1.807) is 72.8 Å². The second kappa shape index (κ2) is 17.0. The van der Waals surface area contributed by atoms with E-state index in [0.29, 0.717) is 33.8 Å². The zero-order valence-electron chi connectivity index (χ0n) is 24.2. The van der Waals surface area contributed by atoms with Crippen LogP contribution in [-0.4, -0.2) is 38.5 Å². The van der Waals surface area contributed by atoms with Crippen molar-refractivity contribution in [2.24, 2.45) is 0 Å². The Balaban J connectivity index is 0.000000217. The summed E-state index contributed by atoms with van der Waals surface area (Å²) in [7, 11) is 3.01. The smallest absolute Gasteiger partial charge is 0.492 e. The molecule has 0 aliphatic carbocycles. The van der Waals surface area contributed by atoms with Crippen molar-refractivity contribution in [1.29, 1.82) is 0 Å². The summed E-state index contributed by atoms with van der Waals surface area (Å²) in [6.07, 6.45) is 0. The van der Waals surface area contributed by atoms with Gasteiger partial charge in [0.1, 0.15) is 40.5 Å². The van der Waals surface area contributed by atoms with Crippen molar-refractivity contribution in [3.63, 3.8) is 0 Å². The Bertz CT molecular complexity index is 1620. The molecule has 234 valence electrons. The van der Waals surface area contributed by atoms with Crippen LogP contribution in [0.4, 0.5) is 17.6 Å². The molecule has 5 rings (SSSR count). The van der Waals surface area contributed by atoms with E-state index in [1.807, 2.05) is 0 Å². The van der Waals surface area contributed by atoms with Crippen LogP contribution in [0.2, 0.25) is 0 Å². The Kier molecular flexibility index (Phi) is 13.5. The first-order chi connectivity index (χ1) is 21.5. The summed E-state index contributed by atoms with van der Waals surface area (Å²) >= 11 is 5.69. The van der Waals surface area contributed by atoms with Crippen molar-refractivity contribution >= 4 is 44.4 Å². The van der Waals surface area contributed by atoms with Crippen molar-refractivity contribution in [2.75, 3.05) is 21.3 Å². The van der Waals surface area contributed by atoms with Gasteiger partial charge in [-0.2, -0.15) is 0 Å². The zero-order chi connectivity index (χ0) is 33.1. The minimum Gasteiger partial charge on any atom is -0.497 e. The second-order valence-corrected chi connectivity index (χ2v) is 10.7. The van der Waals surface area contributed by atoms with Gasteiger partial charge < -0.3 is 24.3 Å². The molecule has 0 aliphatic rings. The highest BCUT2D eigenvalue weighted by molar-refractivity contribution is 9.11. The lowest BCUT2D eigenvalue weighted by Crippen LogP contribution is -2.30. The normalized spacial score (nSPS) is 10.1. The molecule has 0 fully saturated rings. The Labute approximate surface area is 275 Å². The van der Waals surface area contributed by atoms with Gasteiger partial charge in [-0.1, -0.05) is 54.6 Å². The summed E-state index contributed by atoms with van der Waals surface area (Å²) < 4.78 is 70.0. The Hall–Kier alpha value is -3.84. The van der Waals surface area contributed by atoms with Crippen LogP contribution in [0.3, 0.4) is 0 Å². The van der Waals surface area contributed by atoms with Gasteiger partial charge in [0.25, 0.3) is 0 Å². The Morgan fingerprint density at radius 1 is 0.489 bits per heavy atom. The molecule has 0 atom stereocenters. The average molecular weight is 750 g/mol. The maximum absolute atomic E-state index is 14.7. The fourth-order valence-electron chi connectivity index (χ4n) is 4.07. The molecular formula is C33H27BBr2F4O5. The fourth-order valence-corrected chi connectivity index (χ4v) is 4.70. The number of hydrogen-bond donors (Lipinski definition) is 2. The molecule has 2 N–H and O–H groups in total. The molecule has 0 aliphatic heterocycles. The summed E-state index contributed by atoms with van der Waals surface area (Å²) in [5, 5.41) is 17.6. The molecule has 12 heteroatoms. The predicted octanol–water partition coefficient (Wildman–Crippen LogP) is 8.18. The second-order valence-electron chi connectivity index (χ2n) is 9.01. The minimum atomic E-state index is -1.47. The third kappa shape index (κ3) is 9.33. The van der Waals surface area contributed by atoms with E-state index in [9.17, 15) is 17.6 Å². The summed E-state index contributed by atoms with van der Waals surface area (Å²) in [6.45, 7) is 0. The SMILES string of the molecule is COc1ccccc1-c1cc(F)c(-c2ccccc2OC)cc1F.COc1ccccc1B(O)O.Fc1cc(Br)c(F)cc1Br. The van der Waals surface area contributed by atoms with Crippen molar-refractivity contribution in [2.45, 2.75) is 0 Å². The van der Waals surface area contributed by atoms with E-state index >= 15 is 0 Å². The monoisotopic (exact) mass is 748 g/mol. The quantitative estimate of drug-likeness (QED) is 0.104. The van der Waals surface area contributed by atoms with E-state index in [4.69, 9.17) is 24.3 Å². The molecule has 0 spiro atoms. The van der Waals surface area contributed by atoms with Gasteiger partial charge >= 0.3 is 7.12 Å². The Morgan fingerprint density at radius 3 is 1.20 bits per heavy atom. The number of rotatable bonds is 6. The maximum atomic E-state index is 14.7. The van der Waals surface area contributed by atoms with Crippen molar-refractivity contribution < 1.29 is 41.8 Å². The maximum Gasteiger partial charge on any atom is 0.492 e. The number of ether oxygens (including phenoxy) is 3. The van der Waals surface area contributed by atoms with Gasteiger partial charge in [-0.05, 0) is 74.3 Å². The largest absolute Gasteiger partial charge is 0.497 e. The first kappa shape index (κ1) is 35.6. The number of para-hydroxylation sites is 3. The van der Waals surface area contributed by atoms with Crippen LogP contribution in [0.25, 0.3) is 22.3 Å². The van der Waals surface area contributed by atoms with Crippen LogP contribution >= 0.6 is 31.9 Å². The molecule has 5 aromatic rings. The topological polar surface area (TPSA) is 68.2 Å². The van der Waals surface area contributed by atoms with Crippen LogP contribution in [-0.2, 0) is 0 Å². The van der Waals surface area contributed by atoms with Gasteiger partial charge in [-0.15, -0.1) is 0 Å². The molecule has 0 unspecified atom stereocenters. The Morgan fingerprint density at radius 2 is 0.844 bits per heavy atom. The van der Waals surface area contributed by atoms with Crippen molar-refractivity contribution in [3.8, 4) is 39.5 Å². The first-order valence-electron chi connectivity index (χ1n) is 13.1. The van der Waals surface area contributed by atoms with E-state index in [1.165, 1.54) is 33.5 Å². The standard InChI is InChI=1S/C20H16F2O2.C7H9BO3.C6H2Br2F2/c1-23-19-9-5-3-7-13(19)15-11-18(22)16(12-17(15)21)14-8-4-6-10-20(14)24-2;1-11-7-5-3-2-4-6(7)8(9)10;7-3-1-5(9)4(8)2-6(3)10/h3-12H,1-2H3;2-5,9-10H,1H3;1-2H. The lowest BCUT2D eigenvalue weighted by atomic mass is 9.80. The molecule has 0 heterocycles. The first-order valence-corrected chi connectivity index (χ1v) is 14.7. The molecule has 0 radical (unpaired) electrons. The molecule has 0 bridgehead atoms. The van der Waals surface area contributed by atoms with Crippen LogP contribution in [0.15, 0.2) is 106 Å². The molecule has 0 saturated heterocycles. The van der Waals surface area contributed by atoms with Gasteiger partial charge in [-0.3, -0.25) is 0 Å². The van der Waals surface area contributed by atoms with E-state index in [2.05, 4.69) is 31.9 Å². The van der Waals surface area contributed by atoms with Gasteiger partial charge in [0.05, 0.1) is 30.3 Å². The lowest BCUT2D eigenvalue weighted by molar-refractivity contribution is 0.403. The van der Waals surface area contributed by atoms with Crippen LogP contribution in [0, 0.1) is 23.3 Å². The highest BCUT2D eigenvalue weighted by atomic mass is 79.9. The minimum absolute atomic E-state index is 0.133. The zero-order valence-corrected chi connectivity index (χ0v) is 27.4. The van der Waals surface area contributed by atoms with E-state index in [-0.39, 0.29) is 20.1 Å². The third-order valence-corrected chi connectivity index (χ3v) is 7.45. The number of hydrogen-bond acceptors (Lipinski definition) is 5. The molecule has 0 aromatic heterocycles. The molecule has 45 heavy (non-hydrogen) atoms. The fraction of sp³-hybridized carbons (Fsp3) is 0.0909. The number of methoxy groups -OCH3 is 3. The summed E-state index contributed by atoms with van der Waals surface area (Å²) in [5.74, 6) is -0.547. The van der Waals surface area contributed by atoms with Gasteiger partial charge in [0.2, 0.25) is 0 Å². The van der Waals surface area contributed by atoms with Crippen molar-refractivity contribution in [1.82, 2.24) is 0 Å². The molecule has 5 nitrogen and oxygen atoms in total. The lowest BCUT2D eigenvalue weighted by Gasteiger charge is -2.13. The van der Waals surface area contributed by atoms with Crippen LogP contribution < -0.4 is 19.7 Å². The molecule has 0 saturated carbocycles. The third-order valence-electron chi connectivity index (χ3n) is 6.23. The predicted molar refractivity (Wildman–Crippen MR) is 175 cm³/mol. The van der Waals surface area contributed by atoms with E-state index < -0.39 is 30.4 Å². The average Bonchev–Trinajstić information content (AvgIpc) is 3.05. The van der Waals surface area contributed by atoms with Gasteiger partial charge in [0, 0.05) is 27.7 Å². The van der Waals surface area contributed by atoms with Gasteiger partial charge in [-0.25, -0.2) is 17.6 Å². The van der Waals surface area contributed by atoms with Crippen LogP contribution in [0.5, 0.6) is 17.2 Å². The summed E-state index contributed by atoms with van der Waals surface area (Å²) in [5.41, 5.74) is 1.70.